The van der Waals surface area contributed by atoms with E-state index in [0.29, 0.717) is 12.0 Å². The monoisotopic (exact) mass is 362 g/mol. The molecule has 0 radical (unpaired) electrons. The zero-order valence-electron chi connectivity index (χ0n) is 16.8. The number of guanidine groups is 1. The molecule has 1 aromatic heterocycles. The Morgan fingerprint density at radius 3 is 2.62 bits per heavy atom. The number of aliphatic imine (C=N–C) groups is 1. The predicted octanol–water partition coefficient (Wildman–Crippen LogP) is 2.66. The maximum Gasteiger partial charge on any atom is 0.194 e. The van der Waals surface area contributed by atoms with E-state index in [1.165, 1.54) is 6.42 Å². The van der Waals surface area contributed by atoms with Crippen molar-refractivity contribution in [2.24, 2.45) is 10.4 Å². The Labute approximate surface area is 157 Å². The van der Waals surface area contributed by atoms with Gasteiger partial charge in [0.2, 0.25) is 0 Å². The number of furan rings is 1. The number of likely N-dealkylation sites (tertiary alicyclic amines) is 1. The first-order chi connectivity index (χ1) is 12.5. The maximum atomic E-state index is 5.96. The molecule has 6 nitrogen and oxygen atoms in total. The number of ether oxygens (including phenoxy) is 1. The van der Waals surface area contributed by atoms with Crippen molar-refractivity contribution in [1.82, 2.24) is 15.1 Å². The van der Waals surface area contributed by atoms with Crippen molar-refractivity contribution in [2.75, 3.05) is 52.5 Å². The number of morpholine rings is 1. The molecule has 0 aliphatic carbocycles. The molecule has 26 heavy (non-hydrogen) atoms. The standard InChI is InChI=1S/C20H34N4O2/c1-5-21-19(24-9-8-20(3,4)15-24)22-14-17(18-7-6-16(2)26-18)23-10-12-25-13-11-23/h6-7,17H,5,8-15H2,1-4H3,(H,21,22). The van der Waals surface area contributed by atoms with Crippen molar-refractivity contribution in [1.29, 1.82) is 0 Å². The van der Waals surface area contributed by atoms with Crippen LogP contribution in [-0.4, -0.2) is 68.2 Å². The molecule has 1 N–H and O–H groups in total. The molecule has 2 aliphatic heterocycles. The second kappa shape index (κ2) is 8.44. The van der Waals surface area contributed by atoms with Crippen LogP contribution < -0.4 is 5.32 Å². The molecule has 1 aromatic rings. The average molecular weight is 363 g/mol. The second-order valence-electron chi connectivity index (χ2n) is 8.14. The lowest BCUT2D eigenvalue weighted by Crippen LogP contribution is -2.43. The van der Waals surface area contributed by atoms with Crippen molar-refractivity contribution in [3.63, 3.8) is 0 Å². The Morgan fingerprint density at radius 2 is 2.04 bits per heavy atom. The molecule has 2 fully saturated rings. The van der Waals surface area contributed by atoms with Crippen LogP contribution >= 0.6 is 0 Å². The van der Waals surface area contributed by atoms with E-state index in [-0.39, 0.29) is 6.04 Å². The minimum absolute atomic E-state index is 0.164. The molecule has 0 amide bonds. The molecule has 0 aromatic carbocycles. The van der Waals surface area contributed by atoms with Crippen LogP contribution in [0.25, 0.3) is 0 Å². The maximum absolute atomic E-state index is 5.96. The molecule has 0 spiro atoms. The van der Waals surface area contributed by atoms with Gasteiger partial charge in [-0.1, -0.05) is 13.8 Å². The van der Waals surface area contributed by atoms with Gasteiger partial charge in [-0.2, -0.15) is 0 Å². The first kappa shape index (κ1) is 19.2. The summed E-state index contributed by atoms with van der Waals surface area (Å²) in [5.41, 5.74) is 0.359. The quantitative estimate of drug-likeness (QED) is 0.645. The van der Waals surface area contributed by atoms with Crippen molar-refractivity contribution >= 4 is 5.96 Å². The van der Waals surface area contributed by atoms with Crippen molar-refractivity contribution in [3.8, 4) is 0 Å². The van der Waals surface area contributed by atoms with Crippen LogP contribution in [0.15, 0.2) is 21.5 Å². The van der Waals surface area contributed by atoms with Gasteiger partial charge in [-0.25, -0.2) is 0 Å². The fourth-order valence-corrected chi connectivity index (χ4v) is 3.80. The van der Waals surface area contributed by atoms with Crippen LogP contribution in [0.2, 0.25) is 0 Å². The first-order valence-electron chi connectivity index (χ1n) is 9.90. The van der Waals surface area contributed by atoms with Crippen LogP contribution in [0.3, 0.4) is 0 Å². The number of nitrogens with one attached hydrogen (secondary N) is 1. The largest absolute Gasteiger partial charge is 0.465 e. The van der Waals surface area contributed by atoms with E-state index in [0.717, 1.165) is 63.4 Å². The van der Waals surface area contributed by atoms with E-state index in [1.807, 2.05) is 13.0 Å². The minimum atomic E-state index is 0.164. The zero-order chi connectivity index (χ0) is 18.6. The van der Waals surface area contributed by atoms with Crippen LogP contribution in [-0.2, 0) is 4.74 Å². The lowest BCUT2D eigenvalue weighted by atomic mass is 9.93. The summed E-state index contributed by atoms with van der Waals surface area (Å²) < 4.78 is 11.5. The zero-order valence-corrected chi connectivity index (χ0v) is 16.8. The number of nitrogens with zero attached hydrogens (tertiary/aromatic N) is 3. The fourth-order valence-electron chi connectivity index (χ4n) is 3.80. The van der Waals surface area contributed by atoms with Crippen molar-refractivity contribution in [3.05, 3.63) is 23.7 Å². The highest BCUT2D eigenvalue weighted by Crippen LogP contribution is 2.29. The molecule has 146 valence electrons. The number of hydrogen-bond acceptors (Lipinski definition) is 4. The summed E-state index contributed by atoms with van der Waals surface area (Å²) in [4.78, 5) is 9.84. The van der Waals surface area contributed by atoms with Gasteiger partial charge in [0.1, 0.15) is 11.5 Å². The highest BCUT2D eigenvalue weighted by Gasteiger charge is 2.31. The highest BCUT2D eigenvalue weighted by molar-refractivity contribution is 5.80. The third kappa shape index (κ3) is 4.80. The first-order valence-corrected chi connectivity index (χ1v) is 9.90. The van der Waals surface area contributed by atoms with E-state index >= 15 is 0 Å². The molecule has 3 heterocycles. The van der Waals surface area contributed by atoms with Gasteiger partial charge in [-0.05, 0) is 37.8 Å². The Kier molecular flexibility index (Phi) is 6.24. The van der Waals surface area contributed by atoms with Gasteiger partial charge >= 0.3 is 0 Å². The van der Waals surface area contributed by atoms with E-state index in [2.05, 4.69) is 42.0 Å². The lowest BCUT2D eigenvalue weighted by molar-refractivity contribution is 0.0135. The Hall–Kier alpha value is -1.53. The van der Waals surface area contributed by atoms with Crippen LogP contribution in [0.4, 0.5) is 0 Å². The smallest absolute Gasteiger partial charge is 0.194 e. The summed E-state index contributed by atoms with van der Waals surface area (Å²) in [6, 6.07) is 4.30. The molecule has 3 rings (SSSR count). The Morgan fingerprint density at radius 1 is 1.27 bits per heavy atom. The third-order valence-corrected chi connectivity index (χ3v) is 5.30. The highest BCUT2D eigenvalue weighted by atomic mass is 16.5. The van der Waals surface area contributed by atoms with E-state index in [1.54, 1.807) is 0 Å². The Bertz CT molecular complexity index is 605. The van der Waals surface area contributed by atoms with Gasteiger partial charge in [-0.3, -0.25) is 9.89 Å². The molecule has 2 saturated heterocycles. The lowest BCUT2D eigenvalue weighted by Gasteiger charge is -2.33. The van der Waals surface area contributed by atoms with Crippen LogP contribution in [0, 0.1) is 12.3 Å². The number of hydrogen-bond donors (Lipinski definition) is 1. The number of rotatable bonds is 5. The molecule has 2 aliphatic rings. The van der Waals surface area contributed by atoms with Gasteiger partial charge in [0.15, 0.2) is 5.96 Å². The van der Waals surface area contributed by atoms with Gasteiger partial charge in [0, 0.05) is 32.7 Å². The second-order valence-corrected chi connectivity index (χ2v) is 8.14. The average Bonchev–Trinajstić information content (AvgIpc) is 3.20. The number of aryl methyl sites for hydroxylation is 1. The van der Waals surface area contributed by atoms with Gasteiger partial charge in [-0.15, -0.1) is 0 Å². The molecular formula is C20H34N4O2. The molecule has 6 heteroatoms. The summed E-state index contributed by atoms with van der Waals surface area (Å²) in [7, 11) is 0. The summed E-state index contributed by atoms with van der Waals surface area (Å²) >= 11 is 0. The molecule has 0 bridgehead atoms. The summed E-state index contributed by atoms with van der Waals surface area (Å²) in [6.45, 7) is 15.9. The fraction of sp³-hybridized carbons (Fsp3) is 0.750. The summed E-state index contributed by atoms with van der Waals surface area (Å²) in [6.07, 6.45) is 1.21. The van der Waals surface area contributed by atoms with Crippen molar-refractivity contribution < 1.29 is 9.15 Å². The van der Waals surface area contributed by atoms with E-state index in [4.69, 9.17) is 14.1 Å². The molecule has 1 atom stereocenters. The normalized spacial score (nSPS) is 22.6. The van der Waals surface area contributed by atoms with E-state index in [9.17, 15) is 0 Å². The van der Waals surface area contributed by atoms with Crippen LogP contribution in [0.5, 0.6) is 0 Å². The minimum Gasteiger partial charge on any atom is -0.465 e. The topological polar surface area (TPSA) is 53.2 Å². The molecule has 1 unspecified atom stereocenters. The third-order valence-electron chi connectivity index (χ3n) is 5.30. The predicted molar refractivity (Wildman–Crippen MR) is 105 cm³/mol. The van der Waals surface area contributed by atoms with E-state index < -0.39 is 0 Å². The van der Waals surface area contributed by atoms with Crippen molar-refractivity contribution in [2.45, 2.75) is 40.2 Å². The van der Waals surface area contributed by atoms with Gasteiger partial charge in [0.05, 0.1) is 25.8 Å². The summed E-state index contributed by atoms with van der Waals surface area (Å²) in [5, 5.41) is 3.48. The Balaban J connectivity index is 1.76. The van der Waals surface area contributed by atoms with Gasteiger partial charge in [0.25, 0.3) is 0 Å². The SMILES string of the molecule is CCNC(=NCC(c1ccc(C)o1)N1CCOCC1)N1CCC(C)(C)C1. The molecular weight excluding hydrogens is 328 g/mol. The summed E-state index contributed by atoms with van der Waals surface area (Å²) in [5.74, 6) is 2.99. The van der Waals surface area contributed by atoms with Crippen LogP contribution in [0.1, 0.15) is 44.8 Å². The van der Waals surface area contributed by atoms with Gasteiger partial charge < -0.3 is 19.4 Å². The molecule has 0 saturated carbocycles.